The normalized spacial score (nSPS) is 12.4. The van der Waals surface area contributed by atoms with Crippen LogP contribution in [0.3, 0.4) is 0 Å². The first kappa shape index (κ1) is 12.3. The number of benzene rings is 2. The fourth-order valence-corrected chi connectivity index (χ4v) is 2.36. The van der Waals surface area contributed by atoms with Crippen LogP contribution in [-0.4, -0.2) is 0 Å². The number of hydrogen-bond donors (Lipinski definition) is 1. The van der Waals surface area contributed by atoms with Gasteiger partial charge in [0.05, 0.1) is 0 Å². The van der Waals surface area contributed by atoms with Crippen molar-refractivity contribution < 1.29 is 0 Å². The molecule has 0 aliphatic heterocycles. The van der Waals surface area contributed by atoms with E-state index in [1.807, 2.05) is 6.07 Å². The molecule has 0 aromatic heterocycles. The van der Waals surface area contributed by atoms with Gasteiger partial charge in [0.15, 0.2) is 0 Å². The van der Waals surface area contributed by atoms with Crippen LogP contribution < -0.4 is 5.32 Å². The van der Waals surface area contributed by atoms with Crippen LogP contribution in [0, 0.1) is 6.92 Å². The summed E-state index contributed by atoms with van der Waals surface area (Å²) in [6, 6.07) is 19.0. The second-order valence-electron chi connectivity index (χ2n) is 4.20. The van der Waals surface area contributed by atoms with Crippen molar-refractivity contribution in [2.75, 3.05) is 0 Å². The van der Waals surface area contributed by atoms with Gasteiger partial charge in [-0.05, 0) is 23.6 Å². The Morgan fingerprint density at radius 3 is 2.35 bits per heavy atom. The van der Waals surface area contributed by atoms with Gasteiger partial charge < -0.3 is 5.32 Å². The predicted octanol–water partition coefficient (Wildman–Crippen LogP) is 3.66. The lowest BCUT2D eigenvalue weighted by Crippen LogP contribution is -2.16. The van der Waals surface area contributed by atoms with E-state index in [0.717, 1.165) is 6.54 Å². The van der Waals surface area contributed by atoms with Crippen molar-refractivity contribution in [2.24, 2.45) is 0 Å². The van der Waals surface area contributed by atoms with Gasteiger partial charge in [0, 0.05) is 12.3 Å². The second kappa shape index (κ2) is 5.95. The minimum Gasteiger partial charge on any atom is -0.303 e. The Labute approximate surface area is 105 Å². The molecule has 0 saturated carbocycles. The van der Waals surface area contributed by atoms with Gasteiger partial charge in [-0.25, -0.2) is 0 Å². The maximum absolute atomic E-state index is 3.52. The van der Waals surface area contributed by atoms with Crippen molar-refractivity contribution in [1.82, 2.24) is 5.32 Å². The molecule has 2 heteroatoms. The van der Waals surface area contributed by atoms with E-state index in [2.05, 4.69) is 70.0 Å². The van der Waals surface area contributed by atoms with Crippen LogP contribution in [0.5, 0.6) is 0 Å². The first-order valence-electron chi connectivity index (χ1n) is 5.86. The molecule has 2 aromatic carbocycles. The minimum absolute atomic E-state index is 0.302. The molecule has 0 radical (unpaired) electrons. The largest absolute Gasteiger partial charge is 0.303 e. The third-order valence-corrected chi connectivity index (χ3v) is 3.49. The molecule has 0 saturated heterocycles. The Hall–Kier alpha value is -1.17. The number of rotatable bonds is 4. The molecule has 2 rings (SSSR count). The smallest absolute Gasteiger partial charge is 0.0469 e. The van der Waals surface area contributed by atoms with E-state index < -0.39 is 0 Å². The maximum Gasteiger partial charge on any atom is 0.0469 e. The Balaban J connectivity index is 1.99. The van der Waals surface area contributed by atoms with Crippen molar-refractivity contribution in [3.63, 3.8) is 0 Å². The quantitative estimate of drug-likeness (QED) is 0.808. The van der Waals surface area contributed by atoms with Crippen molar-refractivity contribution in [1.29, 1.82) is 0 Å². The molecular weight excluding hydrogens is 225 g/mol. The molecule has 0 spiro atoms. The van der Waals surface area contributed by atoms with Crippen LogP contribution in [0.25, 0.3) is 0 Å². The van der Waals surface area contributed by atoms with Gasteiger partial charge in [-0.3, -0.25) is 0 Å². The van der Waals surface area contributed by atoms with Crippen LogP contribution >= 0.6 is 9.24 Å². The van der Waals surface area contributed by atoms with Crippen molar-refractivity contribution in [3.8, 4) is 0 Å². The summed E-state index contributed by atoms with van der Waals surface area (Å²) in [4.78, 5) is 0. The molecular formula is C15H18NP. The Bertz CT molecular complexity index is 467. The topological polar surface area (TPSA) is 12.0 Å². The molecule has 1 nitrogen and oxygen atoms in total. The average molecular weight is 243 g/mol. The van der Waals surface area contributed by atoms with Crippen LogP contribution in [-0.2, 0) is 6.54 Å². The highest BCUT2D eigenvalue weighted by molar-refractivity contribution is 7.17. The third kappa shape index (κ3) is 3.39. The Morgan fingerprint density at radius 1 is 1.00 bits per heavy atom. The molecule has 2 atom stereocenters. The summed E-state index contributed by atoms with van der Waals surface area (Å²) < 4.78 is 0. The highest BCUT2D eigenvalue weighted by atomic mass is 31.0. The molecule has 0 amide bonds. The molecule has 2 unspecified atom stereocenters. The third-order valence-electron chi connectivity index (χ3n) is 2.89. The first-order valence-corrected chi connectivity index (χ1v) is 6.52. The minimum atomic E-state index is 0.302. The molecule has 0 fully saturated rings. The van der Waals surface area contributed by atoms with Gasteiger partial charge in [0.1, 0.15) is 0 Å². The fourth-order valence-electron chi connectivity index (χ4n) is 1.87. The number of nitrogens with one attached hydrogen (secondary N) is 1. The van der Waals surface area contributed by atoms with E-state index in [4.69, 9.17) is 0 Å². The molecule has 1 N–H and O–H groups in total. The fraction of sp³-hybridized carbons (Fsp3) is 0.200. The number of aryl methyl sites for hydroxylation is 1. The molecule has 0 aliphatic rings. The zero-order chi connectivity index (χ0) is 12.1. The van der Waals surface area contributed by atoms with E-state index in [1.165, 1.54) is 16.7 Å². The predicted molar refractivity (Wildman–Crippen MR) is 76.9 cm³/mol. The monoisotopic (exact) mass is 243 g/mol. The maximum atomic E-state index is 3.52. The molecule has 0 aliphatic carbocycles. The summed E-state index contributed by atoms with van der Waals surface area (Å²) in [5.41, 5.74) is 3.98. The highest BCUT2D eigenvalue weighted by Gasteiger charge is 2.06. The highest BCUT2D eigenvalue weighted by Crippen LogP contribution is 2.23. The zero-order valence-corrected chi connectivity index (χ0v) is 11.2. The van der Waals surface area contributed by atoms with E-state index >= 15 is 0 Å². The molecule has 0 bridgehead atoms. The molecule has 0 heterocycles. The number of hydrogen-bond acceptors (Lipinski definition) is 1. The lowest BCUT2D eigenvalue weighted by atomic mass is 10.1. The molecule has 2 aromatic rings. The van der Waals surface area contributed by atoms with Crippen LogP contribution in [0.4, 0.5) is 0 Å². The van der Waals surface area contributed by atoms with Gasteiger partial charge in [-0.2, -0.15) is 0 Å². The van der Waals surface area contributed by atoms with E-state index in [0.29, 0.717) is 5.78 Å². The molecule has 88 valence electrons. The van der Waals surface area contributed by atoms with Crippen molar-refractivity contribution in [3.05, 3.63) is 71.3 Å². The van der Waals surface area contributed by atoms with Gasteiger partial charge in [0.25, 0.3) is 0 Å². The SMILES string of the molecule is Cc1ccccc1C(P)NCc1ccccc1. The second-order valence-corrected chi connectivity index (χ2v) is 4.87. The zero-order valence-electron chi connectivity index (χ0n) is 10.1. The summed E-state index contributed by atoms with van der Waals surface area (Å²) >= 11 is 0. The Kier molecular flexibility index (Phi) is 4.30. The summed E-state index contributed by atoms with van der Waals surface area (Å²) in [6.45, 7) is 3.04. The van der Waals surface area contributed by atoms with Crippen LogP contribution in [0.15, 0.2) is 54.6 Å². The molecule has 17 heavy (non-hydrogen) atoms. The van der Waals surface area contributed by atoms with Gasteiger partial charge in [0.2, 0.25) is 0 Å². The van der Waals surface area contributed by atoms with E-state index in [-0.39, 0.29) is 0 Å². The van der Waals surface area contributed by atoms with Crippen LogP contribution in [0.1, 0.15) is 22.5 Å². The van der Waals surface area contributed by atoms with Crippen molar-refractivity contribution in [2.45, 2.75) is 19.3 Å². The van der Waals surface area contributed by atoms with Crippen LogP contribution in [0.2, 0.25) is 0 Å². The first-order chi connectivity index (χ1) is 8.27. The Morgan fingerprint density at radius 2 is 1.65 bits per heavy atom. The summed E-state index contributed by atoms with van der Waals surface area (Å²) in [5, 5.41) is 3.52. The van der Waals surface area contributed by atoms with Gasteiger partial charge >= 0.3 is 0 Å². The van der Waals surface area contributed by atoms with E-state index in [1.54, 1.807) is 0 Å². The van der Waals surface area contributed by atoms with Gasteiger partial charge in [-0.15, -0.1) is 9.24 Å². The summed E-state index contributed by atoms with van der Waals surface area (Å²) in [6.07, 6.45) is 0. The average Bonchev–Trinajstić information content (AvgIpc) is 2.38. The lowest BCUT2D eigenvalue weighted by molar-refractivity contribution is 0.675. The summed E-state index contributed by atoms with van der Waals surface area (Å²) in [5.74, 6) is 0.302. The van der Waals surface area contributed by atoms with Gasteiger partial charge in [-0.1, -0.05) is 54.6 Å². The van der Waals surface area contributed by atoms with E-state index in [9.17, 15) is 0 Å². The summed E-state index contributed by atoms with van der Waals surface area (Å²) in [7, 11) is 2.87. The van der Waals surface area contributed by atoms with Crippen molar-refractivity contribution >= 4 is 9.24 Å². The lowest BCUT2D eigenvalue weighted by Gasteiger charge is -2.16. The standard InChI is InChI=1S/C15H18NP/c1-12-7-5-6-10-14(12)15(17)16-11-13-8-3-2-4-9-13/h2-10,15-16H,11,17H2,1H3.